The number of aliphatic hydroxyl groups is 1. The van der Waals surface area contributed by atoms with Crippen LogP contribution < -0.4 is 0 Å². The van der Waals surface area contributed by atoms with Crippen LogP contribution in [0.3, 0.4) is 0 Å². The van der Waals surface area contributed by atoms with Gasteiger partial charge in [0.15, 0.2) is 5.78 Å². The maximum Gasteiger partial charge on any atom is 0.164 e. The first-order valence-electron chi connectivity index (χ1n) is 18.4. The zero-order valence-electron chi connectivity index (χ0n) is 32.7. The minimum absolute atomic E-state index is 0. The van der Waals surface area contributed by atoms with Crippen molar-refractivity contribution in [2.24, 2.45) is 10.8 Å². The van der Waals surface area contributed by atoms with E-state index < -0.39 is 0 Å². The molecule has 0 aliphatic heterocycles. The third-order valence-corrected chi connectivity index (χ3v) is 12.7. The Hall–Kier alpha value is -3.57. The van der Waals surface area contributed by atoms with Crippen LogP contribution in [-0.2, 0) is 30.3 Å². The first-order valence-corrected chi connectivity index (χ1v) is 19.2. The number of aryl methyl sites for hydroxylation is 2. The number of furan rings is 1. The Morgan fingerprint density at radius 3 is 2.15 bits per heavy atom. The minimum atomic E-state index is -0.337. The van der Waals surface area contributed by atoms with Gasteiger partial charge in [0.05, 0.1) is 6.26 Å². The Kier molecular flexibility index (Phi) is 12.8. The summed E-state index contributed by atoms with van der Waals surface area (Å²) in [5.41, 5.74) is 7.36. The molecule has 0 unspecified atom stereocenters. The number of aromatic nitrogens is 1. The van der Waals surface area contributed by atoms with Gasteiger partial charge in [-0.15, -0.1) is 40.5 Å². The summed E-state index contributed by atoms with van der Waals surface area (Å²) >= 11 is 1.81. The molecule has 6 rings (SSSR count). The van der Waals surface area contributed by atoms with E-state index in [1.54, 1.807) is 0 Å². The average Bonchev–Trinajstić information content (AvgIpc) is 3.68. The van der Waals surface area contributed by atoms with Gasteiger partial charge in [0.1, 0.15) is 11.3 Å². The molecule has 0 fully saturated rings. The molecule has 0 saturated carbocycles. The monoisotopic (exact) mass is 893 g/mol. The summed E-state index contributed by atoms with van der Waals surface area (Å²) in [4.78, 5) is 18.3. The quantitative estimate of drug-likeness (QED) is 0.0892. The number of fused-ring (bicyclic) bond motifs is 3. The molecule has 0 saturated heterocycles. The molecule has 3 aromatic carbocycles. The number of ketones is 1. The second-order valence-electron chi connectivity index (χ2n) is 15.5. The van der Waals surface area contributed by atoms with E-state index in [2.05, 4.69) is 95.3 Å². The van der Waals surface area contributed by atoms with Crippen LogP contribution in [0.15, 0.2) is 83.3 Å². The molecule has 0 bridgehead atoms. The first kappa shape index (κ1) is 41.2. The van der Waals surface area contributed by atoms with Crippen molar-refractivity contribution in [3.05, 3.63) is 102 Å². The zero-order chi connectivity index (χ0) is 37.3. The Bertz CT molecular complexity index is 2220. The number of hydrogen-bond donors (Lipinski definition) is 1. The summed E-state index contributed by atoms with van der Waals surface area (Å²) in [6.45, 7) is 23.2. The maximum atomic E-state index is 12.2. The van der Waals surface area contributed by atoms with Crippen LogP contribution in [0.1, 0.15) is 105 Å². The number of hydrogen-bond acceptors (Lipinski definition) is 5. The van der Waals surface area contributed by atoms with Crippen LogP contribution in [0.5, 0.6) is 0 Å². The smallest absolute Gasteiger partial charge is 0.164 e. The number of nitrogens with zero attached hydrogens (tertiary/aromatic N) is 1. The van der Waals surface area contributed by atoms with Crippen LogP contribution in [0.25, 0.3) is 53.5 Å². The second kappa shape index (κ2) is 16.2. The van der Waals surface area contributed by atoms with E-state index >= 15 is 0 Å². The van der Waals surface area contributed by atoms with Crippen molar-refractivity contribution >= 4 is 48.9 Å². The molecule has 277 valence electrons. The SMILES string of the molecule is CCC(C)(CC)C(=O)/C=C(\O)C(C)(CC)CC.Cc1coc2cc(-c3sc4c(-c5[c-]c6ccccc6c(C(C)(C)C)c5)nccc4c3C)ccc12.[Ir]. The zero-order valence-corrected chi connectivity index (χ0v) is 35.9. The molecule has 4 nitrogen and oxygen atoms in total. The van der Waals surface area contributed by atoms with Gasteiger partial charge in [0.25, 0.3) is 0 Å². The van der Waals surface area contributed by atoms with Gasteiger partial charge in [0, 0.05) is 63.9 Å². The van der Waals surface area contributed by atoms with Crippen molar-refractivity contribution < 1.29 is 34.4 Å². The van der Waals surface area contributed by atoms with Gasteiger partial charge in [-0.3, -0.25) is 9.78 Å². The van der Waals surface area contributed by atoms with Gasteiger partial charge in [-0.05, 0) is 79.2 Å². The fourth-order valence-corrected chi connectivity index (χ4v) is 7.88. The van der Waals surface area contributed by atoms with E-state index in [1.807, 2.05) is 65.3 Å². The summed E-state index contributed by atoms with van der Waals surface area (Å²) < 4.78 is 7.00. The van der Waals surface area contributed by atoms with Crippen molar-refractivity contribution in [2.75, 3.05) is 0 Å². The molecule has 0 spiro atoms. The van der Waals surface area contributed by atoms with Crippen LogP contribution in [-0.4, -0.2) is 15.9 Å². The molecule has 1 N–H and O–H groups in total. The Morgan fingerprint density at radius 2 is 1.52 bits per heavy atom. The van der Waals surface area contributed by atoms with Gasteiger partial charge in [-0.2, -0.15) is 0 Å². The molecule has 0 atom stereocenters. The molecular weight excluding hydrogens is 839 g/mol. The van der Waals surface area contributed by atoms with Crippen LogP contribution >= 0.6 is 11.3 Å². The third-order valence-electron chi connectivity index (χ3n) is 11.3. The normalized spacial score (nSPS) is 12.6. The number of benzene rings is 3. The predicted molar refractivity (Wildman–Crippen MR) is 218 cm³/mol. The topological polar surface area (TPSA) is 63.3 Å². The Labute approximate surface area is 328 Å². The van der Waals surface area contributed by atoms with E-state index in [9.17, 15) is 9.90 Å². The molecule has 3 heterocycles. The molecule has 6 aromatic rings. The van der Waals surface area contributed by atoms with Gasteiger partial charge >= 0.3 is 0 Å². The maximum absolute atomic E-state index is 12.2. The van der Waals surface area contributed by atoms with Gasteiger partial charge in [-0.1, -0.05) is 104 Å². The number of pyridine rings is 1. The van der Waals surface area contributed by atoms with Gasteiger partial charge in [-0.25, -0.2) is 0 Å². The number of aliphatic hydroxyl groups excluding tert-OH is 1. The summed E-state index contributed by atoms with van der Waals surface area (Å²) in [6, 6.07) is 23.2. The molecular formula is C46H54IrNO3S-. The van der Waals surface area contributed by atoms with Crippen molar-refractivity contribution in [1.82, 2.24) is 4.98 Å². The standard InChI is InChI=1S/C31H26NOS.C15H28O2.Ir/c1-18-17-33-27-16-21(10-11-23(18)27)29-19(2)24-12-13-32-28(30(24)34-29)22-14-20-8-6-7-9-25(20)26(15-22)31(3,4)5;1-7-14(5,8-2)12(16)11-13(17)15(6,9-3)10-4;/h6-13,15-17H,1-5H3;11,16H,7-10H2,1-6H3;/q-1;;/b;12-11-;. The predicted octanol–water partition coefficient (Wildman–Crippen LogP) is 13.9. The summed E-state index contributed by atoms with van der Waals surface area (Å²) in [5.74, 6) is 0.286. The third kappa shape index (κ3) is 8.00. The molecule has 3 aromatic heterocycles. The van der Waals surface area contributed by atoms with Crippen molar-refractivity contribution in [3.63, 3.8) is 0 Å². The fourth-order valence-electron chi connectivity index (χ4n) is 6.58. The minimum Gasteiger partial charge on any atom is -0.512 e. The Morgan fingerprint density at radius 1 is 0.865 bits per heavy atom. The summed E-state index contributed by atoms with van der Waals surface area (Å²) in [7, 11) is 0. The number of carbonyl (C=O) groups is 1. The van der Waals surface area contributed by atoms with E-state index in [4.69, 9.17) is 9.40 Å². The molecule has 1 radical (unpaired) electrons. The van der Waals surface area contributed by atoms with Crippen molar-refractivity contribution in [1.29, 1.82) is 0 Å². The van der Waals surface area contributed by atoms with Crippen molar-refractivity contribution in [2.45, 2.75) is 107 Å². The molecule has 6 heteroatoms. The summed E-state index contributed by atoms with van der Waals surface area (Å²) in [6.07, 6.45) is 8.51. The number of allylic oxidation sites excluding steroid dienone is 2. The Balaban J connectivity index is 0.000000289. The molecule has 0 aliphatic rings. The molecule has 0 amide bonds. The largest absolute Gasteiger partial charge is 0.512 e. The number of rotatable bonds is 9. The van der Waals surface area contributed by atoms with Gasteiger partial charge in [0.2, 0.25) is 0 Å². The number of carbonyl (C=O) groups excluding carboxylic acids is 1. The molecule has 52 heavy (non-hydrogen) atoms. The second-order valence-corrected chi connectivity index (χ2v) is 16.6. The van der Waals surface area contributed by atoms with E-state index in [0.29, 0.717) is 0 Å². The first-order chi connectivity index (χ1) is 24.1. The summed E-state index contributed by atoms with van der Waals surface area (Å²) in [5, 5.41) is 14.9. The number of thiophene rings is 1. The van der Waals surface area contributed by atoms with Crippen LogP contribution in [0.2, 0.25) is 0 Å². The van der Waals surface area contributed by atoms with E-state index in [1.165, 1.54) is 54.1 Å². The average molecular weight is 893 g/mol. The van der Waals surface area contributed by atoms with Crippen molar-refractivity contribution in [3.8, 4) is 21.7 Å². The molecule has 0 aliphatic carbocycles. The van der Waals surface area contributed by atoms with Crippen LogP contribution in [0, 0.1) is 30.7 Å². The van der Waals surface area contributed by atoms with Gasteiger partial charge < -0.3 is 9.52 Å². The van der Waals surface area contributed by atoms with Crippen LogP contribution in [0.4, 0.5) is 0 Å². The van der Waals surface area contributed by atoms with E-state index in [-0.39, 0.29) is 47.9 Å². The fraction of sp³-hybridized carbons (Fsp3) is 0.391. The van der Waals surface area contributed by atoms with E-state index in [0.717, 1.165) is 47.9 Å².